The summed E-state index contributed by atoms with van der Waals surface area (Å²) in [4.78, 5) is 14.7. The predicted octanol–water partition coefficient (Wildman–Crippen LogP) is 4.71. The molecule has 0 fully saturated rings. The summed E-state index contributed by atoms with van der Waals surface area (Å²) in [5.74, 6) is 0.588. The fourth-order valence-electron chi connectivity index (χ4n) is 2.75. The maximum Gasteiger partial charge on any atom is 0.343 e. The lowest BCUT2D eigenvalue weighted by Gasteiger charge is -2.07. The molecule has 1 N–H and O–H groups in total. The first-order valence-corrected chi connectivity index (χ1v) is 12.0. The normalized spacial score (nSPS) is 11.3. The third-order valence-corrected chi connectivity index (χ3v) is 5.90. The second kappa shape index (κ2) is 11.3. The lowest BCUT2D eigenvalue weighted by Crippen LogP contribution is -2.18. The fraction of sp³-hybridized carbons (Fsp3) is 0.200. The van der Waals surface area contributed by atoms with E-state index in [0.717, 1.165) is 18.4 Å². The van der Waals surface area contributed by atoms with Gasteiger partial charge in [-0.25, -0.2) is 9.63 Å². The molecule has 0 heterocycles. The van der Waals surface area contributed by atoms with Crippen LogP contribution in [0.4, 0.5) is 0 Å². The fourth-order valence-corrected chi connectivity index (χ4v) is 3.54. The lowest BCUT2D eigenvalue weighted by atomic mass is 10.2. The van der Waals surface area contributed by atoms with Crippen LogP contribution in [0, 0.1) is 6.92 Å². The van der Waals surface area contributed by atoms with Gasteiger partial charge in [-0.05, 0) is 79.6 Å². The van der Waals surface area contributed by atoms with E-state index in [2.05, 4.69) is 16.9 Å². The van der Waals surface area contributed by atoms with E-state index in [9.17, 15) is 13.2 Å². The highest BCUT2D eigenvalue weighted by atomic mass is 32.2. The molecule has 0 aliphatic carbocycles. The number of ether oxygens (including phenoxy) is 2. The molecule has 0 aromatic heterocycles. The summed E-state index contributed by atoms with van der Waals surface area (Å²) in [5.41, 5.74) is 2.01. The average molecular weight is 467 g/mol. The molecule has 0 unspecified atom stereocenters. The van der Waals surface area contributed by atoms with E-state index in [4.69, 9.17) is 9.47 Å². The number of nitrogens with one attached hydrogen (secondary N) is 1. The van der Waals surface area contributed by atoms with Crippen molar-refractivity contribution in [2.75, 3.05) is 6.61 Å². The van der Waals surface area contributed by atoms with Crippen molar-refractivity contribution >= 4 is 22.2 Å². The molecule has 0 radical (unpaired) electrons. The number of sulfonamides is 1. The minimum absolute atomic E-state index is 0.132. The van der Waals surface area contributed by atoms with Gasteiger partial charge in [-0.15, -0.1) is 0 Å². The zero-order valence-corrected chi connectivity index (χ0v) is 19.3. The molecule has 3 rings (SSSR count). The van der Waals surface area contributed by atoms with Crippen LogP contribution in [0.25, 0.3) is 0 Å². The number of benzene rings is 3. The Labute approximate surface area is 194 Å². The van der Waals surface area contributed by atoms with E-state index in [1.165, 1.54) is 18.3 Å². The van der Waals surface area contributed by atoms with Crippen LogP contribution in [0.3, 0.4) is 0 Å². The number of esters is 1. The largest absolute Gasteiger partial charge is 0.494 e. The highest BCUT2D eigenvalue weighted by Gasteiger charge is 2.12. The van der Waals surface area contributed by atoms with Gasteiger partial charge in [0, 0.05) is 0 Å². The Morgan fingerprint density at radius 2 is 1.58 bits per heavy atom. The Morgan fingerprint density at radius 1 is 0.939 bits per heavy atom. The number of hydrogen-bond donors (Lipinski definition) is 1. The summed E-state index contributed by atoms with van der Waals surface area (Å²) in [6.45, 7) is 4.61. The lowest BCUT2D eigenvalue weighted by molar-refractivity contribution is 0.0734. The molecule has 0 saturated heterocycles. The van der Waals surface area contributed by atoms with Crippen LogP contribution >= 0.6 is 0 Å². The highest BCUT2D eigenvalue weighted by molar-refractivity contribution is 7.89. The molecular formula is C25H26N2O5S. The number of unbranched alkanes of at least 4 members (excludes halogenated alkanes) is 1. The van der Waals surface area contributed by atoms with Crippen LogP contribution in [-0.4, -0.2) is 27.2 Å². The highest BCUT2D eigenvalue weighted by Crippen LogP contribution is 2.17. The Kier molecular flexibility index (Phi) is 8.21. The predicted molar refractivity (Wildman–Crippen MR) is 127 cm³/mol. The van der Waals surface area contributed by atoms with Crippen molar-refractivity contribution in [2.24, 2.45) is 5.10 Å². The van der Waals surface area contributed by atoms with Crippen molar-refractivity contribution in [3.8, 4) is 11.5 Å². The van der Waals surface area contributed by atoms with Crippen LogP contribution in [0.2, 0.25) is 0 Å². The molecule has 172 valence electrons. The molecule has 3 aromatic carbocycles. The van der Waals surface area contributed by atoms with Gasteiger partial charge >= 0.3 is 5.97 Å². The van der Waals surface area contributed by atoms with Gasteiger partial charge in [0.1, 0.15) is 11.5 Å². The van der Waals surface area contributed by atoms with Crippen LogP contribution in [0.1, 0.15) is 41.3 Å². The first kappa shape index (κ1) is 24.0. The zero-order chi connectivity index (χ0) is 23.7. The zero-order valence-electron chi connectivity index (χ0n) is 18.5. The third kappa shape index (κ3) is 7.18. The Balaban J connectivity index is 1.54. The quantitative estimate of drug-likeness (QED) is 0.154. The van der Waals surface area contributed by atoms with Gasteiger partial charge in [0.15, 0.2) is 0 Å². The molecule has 0 amide bonds. The van der Waals surface area contributed by atoms with Gasteiger partial charge in [-0.2, -0.15) is 13.5 Å². The minimum Gasteiger partial charge on any atom is -0.494 e. The van der Waals surface area contributed by atoms with Crippen molar-refractivity contribution in [3.63, 3.8) is 0 Å². The summed E-state index contributed by atoms with van der Waals surface area (Å²) in [7, 11) is -3.74. The third-order valence-electron chi connectivity index (χ3n) is 4.67. The van der Waals surface area contributed by atoms with Crippen LogP contribution < -0.4 is 14.3 Å². The second-order valence-electron chi connectivity index (χ2n) is 7.35. The number of carbonyl (C=O) groups is 1. The van der Waals surface area contributed by atoms with Crippen LogP contribution in [-0.2, 0) is 10.0 Å². The van der Waals surface area contributed by atoms with Crippen molar-refractivity contribution in [3.05, 3.63) is 89.5 Å². The van der Waals surface area contributed by atoms with Gasteiger partial charge in [-0.1, -0.05) is 31.0 Å². The molecule has 0 saturated carbocycles. The maximum atomic E-state index is 12.3. The Morgan fingerprint density at radius 3 is 2.21 bits per heavy atom. The summed E-state index contributed by atoms with van der Waals surface area (Å²) < 4.78 is 35.5. The number of hydrazone groups is 1. The van der Waals surface area contributed by atoms with Gasteiger partial charge in [0.25, 0.3) is 10.0 Å². The summed E-state index contributed by atoms with van der Waals surface area (Å²) in [6.07, 6.45) is 3.40. The van der Waals surface area contributed by atoms with Crippen molar-refractivity contribution in [2.45, 2.75) is 31.6 Å². The van der Waals surface area contributed by atoms with Gasteiger partial charge < -0.3 is 9.47 Å². The molecule has 0 aliphatic rings. The van der Waals surface area contributed by atoms with Gasteiger partial charge in [0.2, 0.25) is 0 Å². The summed E-state index contributed by atoms with van der Waals surface area (Å²) >= 11 is 0. The Bertz CT molecular complexity index is 1190. The van der Waals surface area contributed by atoms with Crippen LogP contribution in [0.5, 0.6) is 11.5 Å². The number of carbonyl (C=O) groups excluding carboxylic acids is 1. The molecule has 0 bridgehead atoms. The van der Waals surface area contributed by atoms with Crippen molar-refractivity contribution < 1.29 is 22.7 Å². The summed E-state index contributed by atoms with van der Waals surface area (Å²) in [6, 6.07) is 19.8. The topological polar surface area (TPSA) is 94.1 Å². The summed E-state index contributed by atoms with van der Waals surface area (Å²) in [5, 5.41) is 3.80. The van der Waals surface area contributed by atoms with Crippen molar-refractivity contribution in [1.82, 2.24) is 4.83 Å². The number of rotatable bonds is 10. The minimum atomic E-state index is -3.74. The van der Waals surface area contributed by atoms with E-state index < -0.39 is 16.0 Å². The van der Waals surface area contributed by atoms with Gasteiger partial charge in [-0.3, -0.25) is 0 Å². The standard InChI is InChI=1S/C25H26N2O5S/c1-3-4-17-31-22-13-9-21(10-14-22)25(28)32-23-11-7-20(8-12-23)18-26-27-33(29,30)24-15-5-19(2)6-16-24/h5-16,18,27H,3-4,17H2,1-2H3/b26-18+. The van der Waals surface area contributed by atoms with Crippen molar-refractivity contribution in [1.29, 1.82) is 0 Å². The molecular weight excluding hydrogens is 440 g/mol. The SMILES string of the molecule is CCCCOc1ccc(C(=O)Oc2ccc(/C=N/NS(=O)(=O)c3ccc(C)cc3)cc2)cc1. The molecule has 0 atom stereocenters. The average Bonchev–Trinajstić information content (AvgIpc) is 2.81. The monoisotopic (exact) mass is 466 g/mol. The maximum absolute atomic E-state index is 12.3. The molecule has 7 nitrogen and oxygen atoms in total. The van der Waals surface area contributed by atoms with E-state index in [1.54, 1.807) is 60.7 Å². The first-order valence-electron chi connectivity index (χ1n) is 10.5. The molecule has 0 aliphatic heterocycles. The van der Waals surface area contributed by atoms with E-state index in [1.807, 2.05) is 6.92 Å². The first-order chi connectivity index (χ1) is 15.9. The molecule has 8 heteroatoms. The number of nitrogens with zero attached hydrogens (tertiary/aromatic N) is 1. The molecule has 3 aromatic rings. The number of aryl methyl sites for hydroxylation is 1. The molecule has 33 heavy (non-hydrogen) atoms. The van der Waals surface area contributed by atoms with E-state index in [-0.39, 0.29) is 4.90 Å². The second-order valence-corrected chi connectivity index (χ2v) is 9.01. The van der Waals surface area contributed by atoms with Crippen LogP contribution in [0.15, 0.2) is 82.8 Å². The number of hydrogen-bond acceptors (Lipinski definition) is 6. The van der Waals surface area contributed by atoms with E-state index >= 15 is 0 Å². The van der Waals surface area contributed by atoms with E-state index in [0.29, 0.717) is 29.2 Å². The van der Waals surface area contributed by atoms with Gasteiger partial charge in [0.05, 0.1) is 23.3 Å². The molecule has 0 spiro atoms. The smallest absolute Gasteiger partial charge is 0.343 e. The Hall–Kier alpha value is -3.65.